The third-order valence-corrected chi connectivity index (χ3v) is 6.51. The number of carbonyl (C=O) groups is 4. The fourth-order valence-corrected chi connectivity index (χ4v) is 4.53. The Labute approximate surface area is 190 Å². The van der Waals surface area contributed by atoms with Gasteiger partial charge in [-0.05, 0) is 38.8 Å². The van der Waals surface area contributed by atoms with Gasteiger partial charge in [0.05, 0.1) is 5.41 Å². The summed E-state index contributed by atoms with van der Waals surface area (Å²) in [7, 11) is 0. The van der Waals surface area contributed by atoms with Crippen LogP contribution in [-0.4, -0.2) is 52.6 Å². The van der Waals surface area contributed by atoms with E-state index in [9.17, 15) is 19.2 Å². The van der Waals surface area contributed by atoms with Gasteiger partial charge >= 0.3 is 11.9 Å². The Hall–Kier alpha value is -2.85. The van der Waals surface area contributed by atoms with Crippen LogP contribution >= 0.6 is 11.8 Å². The third-order valence-electron chi connectivity index (χ3n) is 5.08. The zero-order chi connectivity index (χ0) is 23.6. The number of nitrogens with zero attached hydrogens (tertiary/aromatic N) is 1. The molecule has 1 aromatic rings. The zero-order valence-corrected chi connectivity index (χ0v) is 19.2. The first-order chi connectivity index (χ1) is 15.0. The lowest BCUT2D eigenvalue weighted by Crippen LogP contribution is -2.71. The Kier molecular flexibility index (Phi) is 6.94. The van der Waals surface area contributed by atoms with Crippen LogP contribution in [0.1, 0.15) is 39.3 Å². The molecule has 0 aromatic heterocycles. The zero-order valence-electron chi connectivity index (χ0n) is 18.4. The topological polar surface area (TPSA) is 128 Å². The van der Waals surface area contributed by atoms with Gasteiger partial charge in [-0.2, -0.15) is 0 Å². The van der Waals surface area contributed by atoms with Gasteiger partial charge < -0.3 is 20.5 Å². The highest BCUT2D eigenvalue weighted by Gasteiger charge is 2.54. The molecule has 3 atom stereocenters. The number of ether oxygens (including phenoxy) is 2. The Morgan fingerprint density at radius 2 is 1.88 bits per heavy atom. The van der Waals surface area contributed by atoms with Crippen LogP contribution in [0.3, 0.4) is 0 Å². The Balaban J connectivity index is 1.62. The summed E-state index contributed by atoms with van der Waals surface area (Å²) in [5.74, 6) is -1.68. The lowest BCUT2D eigenvalue weighted by atomic mass is 9.98. The maximum absolute atomic E-state index is 12.8. The van der Waals surface area contributed by atoms with E-state index in [0.29, 0.717) is 16.9 Å². The molecule has 0 aliphatic carbocycles. The summed E-state index contributed by atoms with van der Waals surface area (Å²) in [6, 6.07) is 7.14. The van der Waals surface area contributed by atoms with Gasteiger partial charge in [0.2, 0.25) is 12.7 Å². The van der Waals surface area contributed by atoms with Gasteiger partial charge in [0.15, 0.2) is 0 Å². The first-order valence-electron chi connectivity index (χ1n) is 10.1. The quantitative estimate of drug-likeness (QED) is 0.370. The molecular formula is C22H27N3O6S. The number of carbonyl (C=O) groups excluding carboxylic acids is 4. The highest BCUT2D eigenvalue weighted by molar-refractivity contribution is 8.00. The maximum atomic E-state index is 12.8. The second-order valence-electron chi connectivity index (χ2n) is 8.64. The van der Waals surface area contributed by atoms with E-state index in [1.165, 1.54) is 16.7 Å². The average Bonchev–Trinajstić information content (AvgIpc) is 2.76. The van der Waals surface area contributed by atoms with Crippen LogP contribution < -0.4 is 11.1 Å². The lowest BCUT2D eigenvalue weighted by Gasteiger charge is -2.49. The molecule has 1 fully saturated rings. The summed E-state index contributed by atoms with van der Waals surface area (Å²) in [6.07, 6.45) is 0. The fourth-order valence-electron chi connectivity index (χ4n) is 3.24. The molecule has 0 bridgehead atoms. The van der Waals surface area contributed by atoms with Crippen molar-refractivity contribution in [1.82, 2.24) is 10.2 Å². The third kappa shape index (κ3) is 4.81. The number of rotatable bonds is 6. The minimum atomic E-state index is -0.911. The van der Waals surface area contributed by atoms with Gasteiger partial charge in [0.25, 0.3) is 5.91 Å². The monoisotopic (exact) mass is 461 g/mol. The number of β-lactam (4-membered cyclic amide) rings is 1. The van der Waals surface area contributed by atoms with Crippen molar-refractivity contribution in [3.8, 4) is 0 Å². The van der Waals surface area contributed by atoms with E-state index in [0.717, 1.165) is 0 Å². The van der Waals surface area contributed by atoms with Gasteiger partial charge in [0.1, 0.15) is 23.2 Å². The van der Waals surface area contributed by atoms with Crippen molar-refractivity contribution in [2.75, 3.05) is 12.5 Å². The molecule has 0 radical (unpaired) electrons. The molecular weight excluding hydrogens is 434 g/mol. The van der Waals surface area contributed by atoms with Crippen molar-refractivity contribution < 1.29 is 28.7 Å². The number of thioether (sulfide) groups is 1. The molecule has 1 unspecified atom stereocenters. The van der Waals surface area contributed by atoms with Crippen molar-refractivity contribution >= 4 is 35.5 Å². The molecule has 0 spiro atoms. The Bertz CT molecular complexity index is 956. The fraction of sp³-hybridized carbons (Fsp3) is 0.455. The number of nitrogens with one attached hydrogen (secondary N) is 1. The predicted octanol–water partition coefficient (Wildman–Crippen LogP) is 1.45. The lowest BCUT2D eigenvalue weighted by molar-refractivity contribution is -0.173. The number of nitrogens with two attached hydrogens (primary N) is 1. The molecule has 2 amide bonds. The van der Waals surface area contributed by atoms with E-state index in [1.807, 2.05) is 6.07 Å². The van der Waals surface area contributed by atoms with Crippen LogP contribution in [0, 0.1) is 5.41 Å². The Morgan fingerprint density at radius 1 is 1.22 bits per heavy atom. The highest BCUT2D eigenvalue weighted by Crippen LogP contribution is 2.40. The van der Waals surface area contributed by atoms with Crippen LogP contribution in [0.5, 0.6) is 0 Å². The number of esters is 2. The number of amides is 2. The number of hydrogen-bond donors (Lipinski definition) is 2. The first kappa shape index (κ1) is 23.8. The summed E-state index contributed by atoms with van der Waals surface area (Å²) >= 11 is 1.43. The van der Waals surface area contributed by atoms with E-state index < -0.39 is 53.4 Å². The van der Waals surface area contributed by atoms with Crippen LogP contribution in [0.2, 0.25) is 0 Å². The van der Waals surface area contributed by atoms with Gasteiger partial charge in [0, 0.05) is 5.75 Å². The van der Waals surface area contributed by atoms with Gasteiger partial charge in [-0.1, -0.05) is 30.3 Å². The standard InChI is InChI=1S/C22H27N3O6S/c1-12-10-32-19-15(24-17(26)14(23)13-8-6-5-7-9-13)18(27)25(19)16(12)20(28)30-11-31-21(29)22(2,3)4/h5-9,14-15,19H,10-11,23H2,1-4H3,(H,24,26)/t14?,15-,19-/m1/s1. The summed E-state index contributed by atoms with van der Waals surface area (Å²) in [5, 5.41) is 2.25. The number of hydrogen-bond acceptors (Lipinski definition) is 8. The predicted molar refractivity (Wildman–Crippen MR) is 118 cm³/mol. The van der Waals surface area contributed by atoms with Crippen molar-refractivity contribution in [2.24, 2.45) is 11.1 Å². The second-order valence-corrected chi connectivity index (χ2v) is 9.75. The van der Waals surface area contributed by atoms with E-state index in [-0.39, 0.29) is 5.70 Å². The van der Waals surface area contributed by atoms with E-state index in [1.54, 1.807) is 52.0 Å². The van der Waals surface area contributed by atoms with Crippen molar-refractivity contribution in [3.05, 3.63) is 47.2 Å². The largest absolute Gasteiger partial charge is 0.427 e. The molecule has 1 saturated heterocycles. The number of fused-ring (bicyclic) bond motifs is 1. The molecule has 10 heteroatoms. The van der Waals surface area contributed by atoms with Crippen molar-refractivity contribution in [1.29, 1.82) is 0 Å². The molecule has 2 aliphatic rings. The molecule has 0 saturated carbocycles. The molecule has 9 nitrogen and oxygen atoms in total. The average molecular weight is 462 g/mol. The molecule has 2 aliphatic heterocycles. The van der Waals surface area contributed by atoms with E-state index >= 15 is 0 Å². The van der Waals surface area contributed by atoms with Crippen LogP contribution in [-0.2, 0) is 28.7 Å². The highest BCUT2D eigenvalue weighted by atomic mass is 32.2. The Morgan fingerprint density at radius 3 is 2.50 bits per heavy atom. The molecule has 1 aromatic carbocycles. The van der Waals surface area contributed by atoms with Crippen molar-refractivity contribution in [3.63, 3.8) is 0 Å². The van der Waals surface area contributed by atoms with Gasteiger partial charge in [-0.25, -0.2) is 4.79 Å². The van der Waals surface area contributed by atoms with Crippen LogP contribution in [0.4, 0.5) is 0 Å². The van der Waals surface area contributed by atoms with Crippen LogP contribution in [0.15, 0.2) is 41.6 Å². The van der Waals surface area contributed by atoms with E-state index in [2.05, 4.69) is 5.32 Å². The smallest absolute Gasteiger partial charge is 0.357 e. The number of benzene rings is 1. The summed E-state index contributed by atoms with van der Waals surface area (Å²) in [5.41, 5.74) is 6.70. The van der Waals surface area contributed by atoms with Gasteiger partial charge in [-0.3, -0.25) is 19.3 Å². The van der Waals surface area contributed by atoms with Crippen LogP contribution in [0.25, 0.3) is 0 Å². The second kappa shape index (κ2) is 9.33. The minimum Gasteiger partial charge on any atom is -0.427 e. The normalized spacial score (nSPS) is 21.3. The van der Waals surface area contributed by atoms with E-state index in [4.69, 9.17) is 15.2 Å². The van der Waals surface area contributed by atoms with Gasteiger partial charge in [-0.15, -0.1) is 11.8 Å². The SMILES string of the molecule is CC1=C(C(=O)OCOC(=O)C(C)(C)C)N2C(=O)[C@@H](NC(=O)C(N)c3ccccc3)[C@H]2SC1. The summed E-state index contributed by atoms with van der Waals surface area (Å²) in [4.78, 5) is 51.1. The minimum absolute atomic E-state index is 0.114. The summed E-state index contributed by atoms with van der Waals surface area (Å²) < 4.78 is 10.0. The molecule has 32 heavy (non-hydrogen) atoms. The molecule has 3 rings (SSSR count). The first-order valence-corrected chi connectivity index (χ1v) is 11.2. The van der Waals surface area contributed by atoms with Crippen molar-refractivity contribution in [2.45, 2.75) is 45.2 Å². The molecule has 2 heterocycles. The molecule has 3 N–H and O–H groups in total. The summed E-state index contributed by atoms with van der Waals surface area (Å²) in [6.45, 7) is 6.24. The maximum Gasteiger partial charge on any atom is 0.357 e. The molecule has 172 valence electrons.